The molecule has 100 valence electrons. The Morgan fingerprint density at radius 1 is 1.56 bits per heavy atom. The van der Waals surface area contributed by atoms with E-state index in [0.29, 0.717) is 0 Å². The minimum absolute atomic E-state index is 0.235. The van der Waals surface area contributed by atoms with E-state index in [-0.39, 0.29) is 6.10 Å². The van der Waals surface area contributed by atoms with E-state index in [0.717, 1.165) is 48.0 Å². The Labute approximate surface area is 122 Å². The molecule has 1 aliphatic rings. The number of rotatable bonds is 4. The van der Waals surface area contributed by atoms with E-state index >= 15 is 0 Å². The first-order chi connectivity index (χ1) is 8.69. The van der Waals surface area contributed by atoms with Gasteiger partial charge in [0.15, 0.2) is 0 Å². The molecule has 1 saturated heterocycles. The SMILES string of the molecule is CCN1CCOC(CNc2ccc(Br)cc2Cl)C1. The highest BCUT2D eigenvalue weighted by Crippen LogP contribution is 2.25. The molecule has 0 saturated carbocycles. The first-order valence-electron chi connectivity index (χ1n) is 6.22. The van der Waals surface area contributed by atoms with Crippen molar-refractivity contribution in [2.45, 2.75) is 13.0 Å². The number of ether oxygens (including phenoxy) is 1. The zero-order valence-electron chi connectivity index (χ0n) is 10.5. The van der Waals surface area contributed by atoms with Crippen molar-refractivity contribution in [1.29, 1.82) is 0 Å². The smallest absolute Gasteiger partial charge is 0.0874 e. The molecule has 1 aromatic carbocycles. The van der Waals surface area contributed by atoms with Crippen LogP contribution >= 0.6 is 27.5 Å². The number of morpholine rings is 1. The monoisotopic (exact) mass is 332 g/mol. The van der Waals surface area contributed by atoms with Gasteiger partial charge in [-0.05, 0) is 24.7 Å². The van der Waals surface area contributed by atoms with E-state index in [2.05, 4.69) is 33.1 Å². The lowest BCUT2D eigenvalue weighted by Crippen LogP contribution is -2.45. The molecule has 1 unspecified atom stereocenters. The number of likely N-dealkylation sites (N-methyl/N-ethyl adjacent to an activating group) is 1. The molecule has 3 nitrogen and oxygen atoms in total. The van der Waals surface area contributed by atoms with Crippen molar-refractivity contribution in [2.75, 3.05) is 38.1 Å². The average molecular weight is 334 g/mol. The first kappa shape index (κ1) is 14.1. The molecule has 1 fully saturated rings. The molecule has 1 aromatic rings. The molecule has 2 rings (SSSR count). The molecule has 0 bridgehead atoms. The largest absolute Gasteiger partial charge is 0.381 e. The van der Waals surface area contributed by atoms with Crippen molar-refractivity contribution in [1.82, 2.24) is 4.90 Å². The Hall–Kier alpha value is -0.290. The maximum absolute atomic E-state index is 6.16. The predicted octanol–water partition coefficient (Wildman–Crippen LogP) is 3.24. The summed E-state index contributed by atoms with van der Waals surface area (Å²) in [5.74, 6) is 0. The Balaban J connectivity index is 1.87. The van der Waals surface area contributed by atoms with Crippen LogP contribution in [0.3, 0.4) is 0 Å². The van der Waals surface area contributed by atoms with Crippen LogP contribution in [0.2, 0.25) is 5.02 Å². The summed E-state index contributed by atoms with van der Waals surface area (Å²) >= 11 is 9.56. The summed E-state index contributed by atoms with van der Waals surface area (Å²) < 4.78 is 6.73. The van der Waals surface area contributed by atoms with Crippen molar-refractivity contribution in [3.63, 3.8) is 0 Å². The fraction of sp³-hybridized carbons (Fsp3) is 0.538. The zero-order valence-corrected chi connectivity index (χ0v) is 12.8. The van der Waals surface area contributed by atoms with Crippen molar-refractivity contribution < 1.29 is 4.74 Å². The second-order valence-corrected chi connectivity index (χ2v) is 5.71. The molecule has 1 N–H and O–H groups in total. The summed E-state index contributed by atoms with van der Waals surface area (Å²) in [7, 11) is 0. The molecule has 0 amide bonds. The molecule has 1 heterocycles. The Morgan fingerprint density at radius 2 is 2.39 bits per heavy atom. The third kappa shape index (κ3) is 3.85. The Kier molecular flexibility index (Phi) is 5.30. The van der Waals surface area contributed by atoms with Crippen LogP contribution in [0.25, 0.3) is 0 Å². The second-order valence-electron chi connectivity index (χ2n) is 4.39. The van der Waals surface area contributed by atoms with Crippen molar-refractivity contribution in [2.24, 2.45) is 0 Å². The van der Waals surface area contributed by atoms with Crippen molar-refractivity contribution in [3.05, 3.63) is 27.7 Å². The van der Waals surface area contributed by atoms with Crippen LogP contribution in [0, 0.1) is 0 Å². The van der Waals surface area contributed by atoms with E-state index in [9.17, 15) is 0 Å². The molecule has 0 aromatic heterocycles. The van der Waals surface area contributed by atoms with Gasteiger partial charge in [0.1, 0.15) is 0 Å². The van der Waals surface area contributed by atoms with Crippen LogP contribution in [0.15, 0.2) is 22.7 Å². The average Bonchev–Trinajstić information content (AvgIpc) is 2.38. The third-order valence-corrected chi connectivity index (χ3v) is 3.93. The molecule has 1 aliphatic heterocycles. The zero-order chi connectivity index (χ0) is 13.0. The van der Waals surface area contributed by atoms with Crippen LogP contribution < -0.4 is 5.32 Å². The van der Waals surface area contributed by atoms with Crippen LogP contribution in [-0.2, 0) is 4.74 Å². The summed E-state index contributed by atoms with van der Waals surface area (Å²) in [6.07, 6.45) is 0.235. The summed E-state index contributed by atoms with van der Waals surface area (Å²) in [4.78, 5) is 2.40. The van der Waals surface area contributed by atoms with Crippen molar-refractivity contribution >= 4 is 33.2 Å². The molecule has 0 radical (unpaired) electrons. The van der Waals surface area contributed by atoms with Crippen molar-refractivity contribution in [3.8, 4) is 0 Å². The number of benzene rings is 1. The highest BCUT2D eigenvalue weighted by Gasteiger charge is 2.19. The van der Waals surface area contributed by atoms with Gasteiger partial charge in [-0.2, -0.15) is 0 Å². The van der Waals surface area contributed by atoms with Gasteiger partial charge in [0.25, 0.3) is 0 Å². The normalized spacial score (nSPS) is 20.9. The number of nitrogens with one attached hydrogen (secondary N) is 1. The highest BCUT2D eigenvalue weighted by molar-refractivity contribution is 9.10. The quantitative estimate of drug-likeness (QED) is 0.915. The van der Waals surface area contributed by atoms with Gasteiger partial charge < -0.3 is 10.1 Å². The molecular weight excluding hydrogens is 316 g/mol. The van der Waals surface area contributed by atoms with E-state index in [4.69, 9.17) is 16.3 Å². The fourth-order valence-corrected chi connectivity index (χ4v) is 2.79. The molecule has 1 atom stereocenters. The van der Waals surface area contributed by atoms with Gasteiger partial charge in [0.2, 0.25) is 0 Å². The minimum atomic E-state index is 0.235. The summed E-state index contributed by atoms with van der Waals surface area (Å²) in [6.45, 7) is 6.89. The molecular formula is C13H18BrClN2O. The summed E-state index contributed by atoms with van der Waals surface area (Å²) in [5.41, 5.74) is 0.956. The third-order valence-electron chi connectivity index (χ3n) is 3.12. The maximum atomic E-state index is 6.16. The maximum Gasteiger partial charge on any atom is 0.0874 e. The van der Waals surface area contributed by atoms with E-state index in [1.807, 2.05) is 18.2 Å². The number of hydrogen-bond acceptors (Lipinski definition) is 3. The minimum Gasteiger partial charge on any atom is -0.381 e. The van der Waals surface area contributed by atoms with Crippen LogP contribution in [0.5, 0.6) is 0 Å². The van der Waals surface area contributed by atoms with Crippen LogP contribution in [-0.4, -0.2) is 43.8 Å². The van der Waals surface area contributed by atoms with Gasteiger partial charge in [-0.25, -0.2) is 0 Å². The van der Waals surface area contributed by atoms with Gasteiger partial charge in [0, 0.05) is 24.1 Å². The predicted molar refractivity (Wildman–Crippen MR) is 79.5 cm³/mol. The number of hydrogen-bond donors (Lipinski definition) is 1. The number of halogens is 2. The Morgan fingerprint density at radius 3 is 3.11 bits per heavy atom. The van der Waals surface area contributed by atoms with Gasteiger partial charge >= 0.3 is 0 Å². The van der Waals surface area contributed by atoms with Gasteiger partial charge in [-0.3, -0.25) is 4.90 Å². The number of anilines is 1. The molecule has 18 heavy (non-hydrogen) atoms. The summed E-state index contributed by atoms with van der Waals surface area (Å²) in [6, 6.07) is 5.85. The van der Waals surface area contributed by atoms with E-state index < -0.39 is 0 Å². The lowest BCUT2D eigenvalue weighted by molar-refractivity contribution is -0.0191. The molecule has 5 heteroatoms. The van der Waals surface area contributed by atoms with Gasteiger partial charge in [0.05, 0.1) is 23.4 Å². The molecule has 0 aliphatic carbocycles. The standard InChI is InChI=1S/C13H18BrClN2O/c1-2-17-5-6-18-11(9-17)8-16-13-4-3-10(14)7-12(13)15/h3-4,7,11,16H,2,5-6,8-9H2,1H3. The fourth-order valence-electron chi connectivity index (χ4n) is 2.05. The van der Waals surface area contributed by atoms with E-state index in [1.54, 1.807) is 0 Å². The topological polar surface area (TPSA) is 24.5 Å². The first-order valence-corrected chi connectivity index (χ1v) is 7.39. The van der Waals surface area contributed by atoms with Gasteiger partial charge in [-0.1, -0.05) is 34.5 Å². The Bertz CT molecular complexity index is 403. The second kappa shape index (κ2) is 6.75. The molecule has 0 spiro atoms. The highest BCUT2D eigenvalue weighted by atomic mass is 79.9. The van der Waals surface area contributed by atoms with Crippen LogP contribution in [0.4, 0.5) is 5.69 Å². The number of nitrogens with zero attached hydrogens (tertiary/aromatic N) is 1. The summed E-state index contributed by atoms with van der Waals surface area (Å²) in [5, 5.41) is 4.08. The lowest BCUT2D eigenvalue weighted by Gasteiger charge is -2.32. The lowest BCUT2D eigenvalue weighted by atomic mass is 10.2. The van der Waals surface area contributed by atoms with E-state index in [1.165, 1.54) is 0 Å². The van der Waals surface area contributed by atoms with Crippen LogP contribution in [0.1, 0.15) is 6.92 Å². The van der Waals surface area contributed by atoms with Gasteiger partial charge in [-0.15, -0.1) is 0 Å².